The highest BCUT2D eigenvalue weighted by atomic mass is 16.6. The lowest BCUT2D eigenvalue weighted by Crippen LogP contribution is -2.48. The Balaban J connectivity index is 1.61. The predicted octanol–water partition coefficient (Wildman–Crippen LogP) is 2.30. The summed E-state index contributed by atoms with van der Waals surface area (Å²) in [6.45, 7) is 0.950. The van der Waals surface area contributed by atoms with Crippen LogP contribution in [0, 0.1) is 0 Å². The minimum atomic E-state index is -0.909. The van der Waals surface area contributed by atoms with E-state index in [-0.39, 0.29) is 18.8 Å². The van der Waals surface area contributed by atoms with E-state index in [1.54, 1.807) is 0 Å². The maximum atomic E-state index is 9.91. The Hall–Kier alpha value is -1.76. The van der Waals surface area contributed by atoms with Crippen LogP contribution in [0.1, 0.15) is 17.5 Å². The van der Waals surface area contributed by atoms with Gasteiger partial charge in [-0.05, 0) is 11.1 Å². The van der Waals surface area contributed by atoms with Gasteiger partial charge in [-0.3, -0.25) is 0 Å². The molecular formula is C21H26O5. The molecule has 1 aliphatic heterocycles. The molecule has 0 radical (unpaired) electrons. The van der Waals surface area contributed by atoms with E-state index in [1.165, 1.54) is 0 Å². The molecule has 2 aromatic carbocycles. The smallest absolute Gasteiger partial charge is 0.107 e. The van der Waals surface area contributed by atoms with Gasteiger partial charge in [0, 0.05) is 6.42 Å². The van der Waals surface area contributed by atoms with Crippen LogP contribution in [0.4, 0.5) is 0 Å². The van der Waals surface area contributed by atoms with Crippen LogP contribution in [-0.2, 0) is 27.4 Å². The van der Waals surface area contributed by atoms with Crippen molar-refractivity contribution in [2.45, 2.75) is 44.1 Å². The molecule has 1 fully saturated rings. The van der Waals surface area contributed by atoms with Crippen LogP contribution in [0.5, 0.6) is 0 Å². The zero-order chi connectivity index (χ0) is 18.2. The molecule has 1 heterocycles. The molecule has 1 saturated heterocycles. The number of aliphatic hydroxyl groups is 2. The number of hydrogen-bond donors (Lipinski definition) is 2. The van der Waals surface area contributed by atoms with Crippen molar-refractivity contribution in [2.75, 3.05) is 13.2 Å². The van der Waals surface area contributed by atoms with Crippen molar-refractivity contribution < 1.29 is 24.4 Å². The maximum Gasteiger partial charge on any atom is 0.107 e. The second-order valence-corrected chi connectivity index (χ2v) is 6.53. The average Bonchev–Trinajstić information content (AvgIpc) is 2.72. The van der Waals surface area contributed by atoms with Crippen LogP contribution in [0.3, 0.4) is 0 Å². The molecule has 0 spiro atoms. The van der Waals surface area contributed by atoms with Crippen LogP contribution in [0.25, 0.3) is 0 Å². The number of rotatable bonds is 8. The quantitative estimate of drug-likeness (QED) is 0.758. The molecule has 0 bridgehead atoms. The SMILES string of the molecule is OC[C@@H](O)[C@@H]1C[C@H](OCc2ccccc2)[C@H](OCc2ccccc2)CO1. The molecule has 0 aliphatic carbocycles. The highest BCUT2D eigenvalue weighted by Crippen LogP contribution is 2.24. The first-order valence-electron chi connectivity index (χ1n) is 8.98. The van der Waals surface area contributed by atoms with Gasteiger partial charge in [-0.1, -0.05) is 60.7 Å². The van der Waals surface area contributed by atoms with E-state index in [9.17, 15) is 10.2 Å². The summed E-state index contributed by atoms with van der Waals surface area (Å²) in [5.41, 5.74) is 2.17. The van der Waals surface area contributed by atoms with Crippen molar-refractivity contribution in [2.24, 2.45) is 0 Å². The first kappa shape index (κ1) is 19.0. The van der Waals surface area contributed by atoms with E-state index in [0.29, 0.717) is 26.2 Å². The summed E-state index contributed by atoms with van der Waals surface area (Å²) in [5, 5.41) is 19.1. The Morgan fingerprint density at radius 2 is 1.42 bits per heavy atom. The van der Waals surface area contributed by atoms with Gasteiger partial charge in [-0.15, -0.1) is 0 Å². The Labute approximate surface area is 154 Å². The maximum absolute atomic E-state index is 9.91. The van der Waals surface area contributed by atoms with Gasteiger partial charge in [-0.25, -0.2) is 0 Å². The fourth-order valence-corrected chi connectivity index (χ4v) is 3.05. The third-order valence-corrected chi connectivity index (χ3v) is 4.58. The van der Waals surface area contributed by atoms with Crippen molar-refractivity contribution in [3.05, 3.63) is 71.8 Å². The van der Waals surface area contributed by atoms with Crippen molar-refractivity contribution in [3.8, 4) is 0 Å². The van der Waals surface area contributed by atoms with Gasteiger partial charge in [0.05, 0.1) is 38.6 Å². The Morgan fingerprint density at radius 1 is 0.885 bits per heavy atom. The molecule has 140 valence electrons. The Kier molecular flexibility index (Phi) is 7.17. The van der Waals surface area contributed by atoms with Crippen LogP contribution in [0.15, 0.2) is 60.7 Å². The van der Waals surface area contributed by atoms with Crippen molar-refractivity contribution >= 4 is 0 Å². The fraction of sp³-hybridized carbons (Fsp3) is 0.429. The molecule has 5 nitrogen and oxygen atoms in total. The molecule has 2 aromatic rings. The highest BCUT2D eigenvalue weighted by molar-refractivity contribution is 5.14. The minimum absolute atomic E-state index is 0.209. The number of benzene rings is 2. The van der Waals surface area contributed by atoms with Gasteiger partial charge in [0.1, 0.15) is 12.2 Å². The van der Waals surface area contributed by atoms with Gasteiger partial charge < -0.3 is 24.4 Å². The topological polar surface area (TPSA) is 68.2 Å². The third-order valence-electron chi connectivity index (χ3n) is 4.58. The largest absolute Gasteiger partial charge is 0.394 e. The Morgan fingerprint density at radius 3 is 1.96 bits per heavy atom. The van der Waals surface area contributed by atoms with Crippen LogP contribution < -0.4 is 0 Å². The molecule has 0 unspecified atom stereocenters. The first-order valence-corrected chi connectivity index (χ1v) is 8.98. The van der Waals surface area contributed by atoms with Gasteiger partial charge in [-0.2, -0.15) is 0 Å². The van der Waals surface area contributed by atoms with E-state index in [1.807, 2.05) is 60.7 Å². The van der Waals surface area contributed by atoms with Crippen molar-refractivity contribution in [3.63, 3.8) is 0 Å². The van der Waals surface area contributed by atoms with Gasteiger partial charge in [0.25, 0.3) is 0 Å². The molecule has 26 heavy (non-hydrogen) atoms. The molecule has 5 heteroatoms. The fourth-order valence-electron chi connectivity index (χ4n) is 3.05. The summed E-state index contributed by atoms with van der Waals surface area (Å²) in [6.07, 6.45) is -1.31. The van der Waals surface area contributed by atoms with Crippen LogP contribution >= 0.6 is 0 Å². The van der Waals surface area contributed by atoms with Crippen molar-refractivity contribution in [1.29, 1.82) is 0 Å². The Bertz CT molecular complexity index is 633. The zero-order valence-corrected chi connectivity index (χ0v) is 14.7. The molecule has 4 atom stereocenters. The van der Waals surface area contributed by atoms with Gasteiger partial charge in [0.2, 0.25) is 0 Å². The third kappa shape index (κ3) is 5.37. The number of aliphatic hydroxyl groups excluding tert-OH is 2. The summed E-state index contributed by atoms with van der Waals surface area (Å²) >= 11 is 0. The lowest BCUT2D eigenvalue weighted by Gasteiger charge is -2.37. The first-order chi connectivity index (χ1) is 12.8. The van der Waals surface area contributed by atoms with Crippen molar-refractivity contribution in [1.82, 2.24) is 0 Å². The van der Waals surface area contributed by atoms with E-state index in [0.717, 1.165) is 11.1 Å². The monoisotopic (exact) mass is 358 g/mol. The molecule has 2 N–H and O–H groups in total. The molecule has 0 amide bonds. The van der Waals surface area contributed by atoms with Crippen LogP contribution in [-0.4, -0.2) is 47.8 Å². The zero-order valence-electron chi connectivity index (χ0n) is 14.7. The summed E-state index contributed by atoms with van der Waals surface area (Å²) < 4.78 is 17.8. The van der Waals surface area contributed by atoms with Gasteiger partial charge >= 0.3 is 0 Å². The summed E-state index contributed by atoms with van der Waals surface area (Å²) in [7, 11) is 0. The number of hydrogen-bond acceptors (Lipinski definition) is 5. The normalized spacial score (nSPS) is 24.3. The summed E-state index contributed by atoms with van der Waals surface area (Å²) in [5.74, 6) is 0. The lowest BCUT2D eigenvalue weighted by atomic mass is 9.99. The minimum Gasteiger partial charge on any atom is -0.394 e. The molecule has 0 aromatic heterocycles. The van der Waals surface area contributed by atoms with E-state index < -0.39 is 12.2 Å². The van der Waals surface area contributed by atoms with E-state index in [4.69, 9.17) is 14.2 Å². The van der Waals surface area contributed by atoms with E-state index in [2.05, 4.69) is 0 Å². The molecule has 0 saturated carbocycles. The van der Waals surface area contributed by atoms with Gasteiger partial charge in [0.15, 0.2) is 0 Å². The molecule has 3 rings (SSSR count). The highest BCUT2D eigenvalue weighted by Gasteiger charge is 2.35. The van der Waals surface area contributed by atoms with E-state index >= 15 is 0 Å². The second-order valence-electron chi connectivity index (χ2n) is 6.53. The average molecular weight is 358 g/mol. The summed E-state index contributed by atoms with van der Waals surface area (Å²) in [6, 6.07) is 19.9. The standard InChI is InChI=1S/C21H26O5/c22-12-18(23)19-11-20(24-13-16-7-3-1-4-8-16)21(15-26-19)25-14-17-9-5-2-6-10-17/h1-10,18-23H,11-15H2/t18-,19+,20+,21-/m1/s1. The molecule has 1 aliphatic rings. The lowest BCUT2D eigenvalue weighted by molar-refractivity contribution is -0.192. The second kappa shape index (κ2) is 9.80. The molecular weight excluding hydrogens is 332 g/mol. The summed E-state index contributed by atoms with van der Waals surface area (Å²) in [4.78, 5) is 0. The predicted molar refractivity (Wildman–Crippen MR) is 97.5 cm³/mol. The van der Waals surface area contributed by atoms with Crippen LogP contribution in [0.2, 0.25) is 0 Å². The number of ether oxygens (including phenoxy) is 3.